The highest BCUT2D eigenvalue weighted by Crippen LogP contribution is 2.24. The summed E-state index contributed by atoms with van der Waals surface area (Å²) >= 11 is 1.84. The van der Waals surface area contributed by atoms with Crippen LogP contribution < -0.4 is 5.73 Å². The zero-order valence-electron chi connectivity index (χ0n) is 9.52. The standard InChI is InChI=1S/C14H17NS/c1-2-12-8-9-14(16-12)13(15)10-11-6-4-3-5-7-11/h3-9,13H,2,10,15H2,1H3. The molecule has 1 aromatic carbocycles. The van der Waals surface area contributed by atoms with Gasteiger partial charge < -0.3 is 5.73 Å². The molecule has 0 fully saturated rings. The monoisotopic (exact) mass is 231 g/mol. The number of hydrogen-bond donors (Lipinski definition) is 1. The smallest absolute Gasteiger partial charge is 0.0430 e. The fourth-order valence-corrected chi connectivity index (χ4v) is 2.71. The van der Waals surface area contributed by atoms with E-state index in [0.717, 1.165) is 12.8 Å². The van der Waals surface area contributed by atoms with Crippen molar-refractivity contribution < 1.29 is 0 Å². The Morgan fingerprint density at radius 1 is 1.12 bits per heavy atom. The molecule has 0 saturated heterocycles. The third-order valence-corrected chi connectivity index (χ3v) is 4.06. The number of hydrogen-bond acceptors (Lipinski definition) is 2. The molecule has 84 valence electrons. The lowest BCUT2D eigenvalue weighted by Crippen LogP contribution is -2.11. The summed E-state index contributed by atoms with van der Waals surface area (Å²) in [4.78, 5) is 2.71. The van der Waals surface area contributed by atoms with E-state index < -0.39 is 0 Å². The lowest BCUT2D eigenvalue weighted by Gasteiger charge is -2.09. The van der Waals surface area contributed by atoms with Crippen molar-refractivity contribution in [2.45, 2.75) is 25.8 Å². The first-order chi connectivity index (χ1) is 7.79. The Labute approximate surface area is 101 Å². The predicted molar refractivity (Wildman–Crippen MR) is 70.8 cm³/mol. The zero-order chi connectivity index (χ0) is 11.4. The van der Waals surface area contributed by atoms with Crippen LogP contribution >= 0.6 is 11.3 Å². The van der Waals surface area contributed by atoms with Gasteiger partial charge in [0, 0.05) is 15.8 Å². The molecule has 1 nitrogen and oxygen atoms in total. The Hall–Kier alpha value is -1.12. The van der Waals surface area contributed by atoms with Gasteiger partial charge in [-0.3, -0.25) is 0 Å². The Kier molecular flexibility index (Phi) is 3.75. The predicted octanol–water partition coefficient (Wildman–Crippen LogP) is 3.55. The molecule has 0 saturated carbocycles. The second-order valence-corrected chi connectivity index (χ2v) is 5.15. The first kappa shape index (κ1) is 11.4. The van der Waals surface area contributed by atoms with E-state index in [1.807, 2.05) is 17.4 Å². The van der Waals surface area contributed by atoms with Gasteiger partial charge in [0.2, 0.25) is 0 Å². The fraction of sp³-hybridized carbons (Fsp3) is 0.286. The number of rotatable bonds is 4. The SMILES string of the molecule is CCc1ccc(C(N)Cc2ccccc2)s1. The molecule has 0 aliphatic carbocycles. The molecule has 1 heterocycles. The lowest BCUT2D eigenvalue weighted by atomic mass is 10.1. The van der Waals surface area contributed by atoms with Crippen LogP contribution in [-0.2, 0) is 12.8 Å². The van der Waals surface area contributed by atoms with Gasteiger partial charge in [0.05, 0.1) is 0 Å². The largest absolute Gasteiger partial charge is 0.323 e. The van der Waals surface area contributed by atoms with Crippen LogP contribution in [0.25, 0.3) is 0 Å². The molecule has 0 radical (unpaired) electrons. The second-order valence-electron chi connectivity index (χ2n) is 3.95. The van der Waals surface area contributed by atoms with Crippen LogP contribution in [0.4, 0.5) is 0 Å². The van der Waals surface area contributed by atoms with Gasteiger partial charge in [-0.05, 0) is 30.5 Å². The van der Waals surface area contributed by atoms with Crippen LogP contribution in [-0.4, -0.2) is 0 Å². The first-order valence-electron chi connectivity index (χ1n) is 5.67. The minimum atomic E-state index is 0.132. The zero-order valence-corrected chi connectivity index (χ0v) is 10.3. The minimum absolute atomic E-state index is 0.132. The first-order valence-corrected chi connectivity index (χ1v) is 6.49. The quantitative estimate of drug-likeness (QED) is 0.855. The third kappa shape index (κ3) is 2.71. The molecule has 2 N–H and O–H groups in total. The molecule has 0 aliphatic rings. The van der Waals surface area contributed by atoms with Crippen LogP contribution in [0.15, 0.2) is 42.5 Å². The topological polar surface area (TPSA) is 26.0 Å². The molecule has 1 unspecified atom stereocenters. The molecule has 1 aromatic heterocycles. The lowest BCUT2D eigenvalue weighted by molar-refractivity contribution is 0.736. The summed E-state index contributed by atoms with van der Waals surface area (Å²) in [7, 11) is 0. The van der Waals surface area contributed by atoms with Crippen molar-refractivity contribution in [1.29, 1.82) is 0 Å². The summed E-state index contributed by atoms with van der Waals surface area (Å²) in [6.45, 7) is 2.18. The molecular formula is C14H17NS. The van der Waals surface area contributed by atoms with E-state index in [0.29, 0.717) is 0 Å². The molecule has 2 aromatic rings. The molecular weight excluding hydrogens is 214 g/mol. The van der Waals surface area contributed by atoms with Crippen LogP contribution in [0.1, 0.15) is 28.3 Å². The highest BCUT2D eigenvalue weighted by atomic mass is 32.1. The Balaban J connectivity index is 2.05. The minimum Gasteiger partial charge on any atom is -0.323 e. The fourth-order valence-electron chi connectivity index (χ4n) is 1.75. The van der Waals surface area contributed by atoms with E-state index in [2.05, 4.69) is 43.3 Å². The van der Waals surface area contributed by atoms with Crippen molar-refractivity contribution in [3.63, 3.8) is 0 Å². The third-order valence-electron chi connectivity index (χ3n) is 2.69. The van der Waals surface area contributed by atoms with Crippen molar-refractivity contribution in [3.8, 4) is 0 Å². The van der Waals surface area contributed by atoms with E-state index in [9.17, 15) is 0 Å². The van der Waals surface area contributed by atoms with Gasteiger partial charge in [-0.1, -0.05) is 37.3 Å². The van der Waals surface area contributed by atoms with Crippen molar-refractivity contribution in [3.05, 3.63) is 57.8 Å². The van der Waals surface area contributed by atoms with E-state index in [-0.39, 0.29) is 6.04 Å². The molecule has 2 heteroatoms. The van der Waals surface area contributed by atoms with Crippen molar-refractivity contribution in [2.24, 2.45) is 5.73 Å². The number of benzene rings is 1. The van der Waals surface area contributed by atoms with E-state index in [4.69, 9.17) is 5.73 Å². The van der Waals surface area contributed by atoms with Gasteiger partial charge in [-0.2, -0.15) is 0 Å². The van der Waals surface area contributed by atoms with Crippen LogP contribution in [0.3, 0.4) is 0 Å². The summed E-state index contributed by atoms with van der Waals surface area (Å²) in [6, 6.07) is 14.9. The van der Waals surface area contributed by atoms with Crippen LogP contribution in [0.5, 0.6) is 0 Å². The molecule has 0 bridgehead atoms. The van der Waals surface area contributed by atoms with Gasteiger partial charge in [-0.15, -0.1) is 11.3 Å². The van der Waals surface area contributed by atoms with Gasteiger partial charge in [-0.25, -0.2) is 0 Å². The van der Waals surface area contributed by atoms with Gasteiger partial charge >= 0.3 is 0 Å². The molecule has 0 amide bonds. The maximum atomic E-state index is 6.21. The van der Waals surface area contributed by atoms with Crippen LogP contribution in [0, 0.1) is 0 Å². The maximum absolute atomic E-state index is 6.21. The average molecular weight is 231 g/mol. The normalized spacial score (nSPS) is 12.6. The number of aryl methyl sites for hydroxylation is 1. The molecule has 0 aliphatic heterocycles. The highest BCUT2D eigenvalue weighted by molar-refractivity contribution is 7.12. The van der Waals surface area contributed by atoms with Crippen molar-refractivity contribution >= 4 is 11.3 Å². The highest BCUT2D eigenvalue weighted by Gasteiger charge is 2.09. The van der Waals surface area contributed by atoms with Gasteiger partial charge in [0.25, 0.3) is 0 Å². The summed E-state index contributed by atoms with van der Waals surface area (Å²) in [5, 5.41) is 0. The Morgan fingerprint density at radius 2 is 1.88 bits per heavy atom. The summed E-state index contributed by atoms with van der Waals surface area (Å²) in [6.07, 6.45) is 2.02. The molecule has 0 spiro atoms. The van der Waals surface area contributed by atoms with Gasteiger partial charge in [0.15, 0.2) is 0 Å². The Morgan fingerprint density at radius 3 is 2.50 bits per heavy atom. The van der Waals surface area contributed by atoms with Gasteiger partial charge in [0.1, 0.15) is 0 Å². The number of nitrogens with two attached hydrogens (primary N) is 1. The molecule has 2 rings (SSSR count). The van der Waals surface area contributed by atoms with E-state index in [1.165, 1.54) is 15.3 Å². The summed E-state index contributed by atoms with van der Waals surface area (Å²) < 4.78 is 0. The molecule has 16 heavy (non-hydrogen) atoms. The average Bonchev–Trinajstić information content (AvgIpc) is 2.79. The maximum Gasteiger partial charge on any atom is 0.0430 e. The number of thiophene rings is 1. The van der Waals surface area contributed by atoms with Crippen molar-refractivity contribution in [2.75, 3.05) is 0 Å². The second kappa shape index (κ2) is 5.28. The van der Waals surface area contributed by atoms with E-state index >= 15 is 0 Å². The van der Waals surface area contributed by atoms with E-state index in [1.54, 1.807) is 0 Å². The molecule has 1 atom stereocenters. The van der Waals surface area contributed by atoms with Crippen LogP contribution in [0.2, 0.25) is 0 Å². The summed E-state index contributed by atoms with van der Waals surface area (Å²) in [5.41, 5.74) is 7.51. The summed E-state index contributed by atoms with van der Waals surface area (Å²) in [5.74, 6) is 0. The van der Waals surface area contributed by atoms with Crippen molar-refractivity contribution in [1.82, 2.24) is 0 Å². The Bertz CT molecular complexity index is 433.